The van der Waals surface area contributed by atoms with Crippen molar-refractivity contribution in [1.29, 1.82) is 0 Å². The van der Waals surface area contributed by atoms with Gasteiger partial charge in [0, 0.05) is 12.3 Å². The van der Waals surface area contributed by atoms with Gasteiger partial charge in [0.05, 0.1) is 24.2 Å². The minimum atomic E-state index is 0.703. The number of ether oxygens (including phenoxy) is 1. The van der Waals surface area contributed by atoms with Crippen molar-refractivity contribution in [3.05, 3.63) is 30.1 Å². The summed E-state index contributed by atoms with van der Waals surface area (Å²) in [5.41, 5.74) is 2.23. The molecule has 0 bridgehead atoms. The highest BCUT2D eigenvalue weighted by atomic mass is 32.1. The van der Waals surface area contributed by atoms with Gasteiger partial charge in [-0.05, 0) is 19.1 Å². The number of benzene rings is 1. The predicted molar refractivity (Wildman–Crippen MR) is 69.1 cm³/mol. The summed E-state index contributed by atoms with van der Waals surface area (Å²) in [6, 6.07) is 8.17. The van der Waals surface area contributed by atoms with Gasteiger partial charge >= 0.3 is 0 Å². The summed E-state index contributed by atoms with van der Waals surface area (Å²) in [6.07, 6.45) is 0. The van der Waals surface area contributed by atoms with Crippen LogP contribution in [-0.2, 0) is 11.3 Å². The average molecular weight is 236 g/mol. The number of hydrogen-bond acceptors (Lipinski definition) is 3. The van der Waals surface area contributed by atoms with Crippen LogP contribution in [0.15, 0.2) is 24.3 Å². The number of hydrogen-bond donors (Lipinski definition) is 1. The molecular formula is C12H16N2OS. The molecule has 3 nitrogen and oxygen atoms in total. The summed E-state index contributed by atoms with van der Waals surface area (Å²) in [6.45, 7) is 4.29. The lowest BCUT2D eigenvalue weighted by molar-refractivity contribution is 0.142. The Hall–Kier alpha value is -1.00. The number of rotatable bonds is 5. The lowest BCUT2D eigenvalue weighted by Crippen LogP contribution is -2.08. The molecule has 1 aromatic carbocycles. The van der Waals surface area contributed by atoms with E-state index in [2.05, 4.69) is 28.2 Å². The molecule has 0 aliphatic rings. The van der Waals surface area contributed by atoms with Crippen molar-refractivity contribution in [1.82, 2.24) is 9.55 Å². The Morgan fingerprint density at radius 3 is 2.94 bits per heavy atom. The number of nitrogens with zero attached hydrogens (tertiary/aromatic N) is 2. The normalized spacial score (nSPS) is 11.1. The molecule has 86 valence electrons. The number of para-hydroxylation sites is 2. The Morgan fingerprint density at radius 1 is 1.31 bits per heavy atom. The third-order valence-corrected chi connectivity index (χ3v) is 2.72. The molecule has 0 amide bonds. The zero-order chi connectivity index (χ0) is 11.4. The van der Waals surface area contributed by atoms with Gasteiger partial charge in [0.2, 0.25) is 0 Å². The fourth-order valence-corrected chi connectivity index (χ4v) is 1.93. The van der Waals surface area contributed by atoms with E-state index in [1.165, 1.54) is 5.52 Å². The minimum Gasteiger partial charge on any atom is -0.379 e. The first-order valence-corrected chi connectivity index (χ1v) is 6.06. The van der Waals surface area contributed by atoms with Gasteiger partial charge in [-0.25, -0.2) is 4.98 Å². The molecule has 0 spiro atoms. The third-order valence-electron chi connectivity index (χ3n) is 2.54. The van der Waals surface area contributed by atoms with Gasteiger partial charge in [-0.1, -0.05) is 12.1 Å². The van der Waals surface area contributed by atoms with Gasteiger partial charge in [0.25, 0.3) is 0 Å². The van der Waals surface area contributed by atoms with Crippen molar-refractivity contribution in [2.45, 2.75) is 13.5 Å². The quantitative estimate of drug-likeness (QED) is 0.637. The molecule has 0 saturated carbocycles. The van der Waals surface area contributed by atoms with Crippen LogP contribution in [0.25, 0.3) is 11.0 Å². The first-order valence-electron chi connectivity index (χ1n) is 5.43. The summed E-state index contributed by atoms with van der Waals surface area (Å²) in [5, 5.41) is 0. The van der Waals surface area contributed by atoms with Crippen LogP contribution in [0.5, 0.6) is 0 Å². The second kappa shape index (κ2) is 5.37. The summed E-state index contributed by atoms with van der Waals surface area (Å²) in [7, 11) is 0. The van der Waals surface area contributed by atoms with Crippen LogP contribution < -0.4 is 0 Å². The van der Waals surface area contributed by atoms with Crippen molar-refractivity contribution in [2.24, 2.45) is 0 Å². The maximum atomic E-state index is 5.44. The van der Waals surface area contributed by atoms with E-state index in [9.17, 15) is 0 Å². The van der Waals surface area contributed by atoms with Crippen LogP contribution in [0.3, 0.4) is 0 Å². The molecule has 16 heavy (non-hydrogen) atoms. The average Bonchev–Trinajstić information content (AvgIpc) is 2.61. The number of thiol groups is 1. The maximum absolute atomic E-state index is 5.44. The molecule has 1 aromatic heterocycles. The Balaban J connectivity index is 2.13. The SMILES string of the molecule is Cc1nc2ccccc2n1CCOCCS. The lowest BCUT2D eigenvalue weighted by atomic mass is 10.3. The molecule has 0 N–H and O–H groups in total. The molecule has 1 heterocycles. The third kappa shape index (κ3) is 2.39. The standard InChI is InChI=1S/C12H16N2OS/c1-10-13-11-4-2-3-5-12(11)14(10)6-7-15-8-9-16/h2-5,16H,6-9H2,1H3. The van der Waals surface area contributed by atoms with Crippen LogP contribution in [0.2, 0.25) is 0 Å². The van der Waals surface area contributed by atoms with E-state index in [-0.39, 0.29) is 0 Å². The van der Waals surface area contributed by atoms with Crippen molar-refractivity contribution >= 4 is 23.7 Å². The molecule has 2 aromatic rings. The summed E-state index contributed by atoms with van der Waals surface area (Å²) >= 11 is 4.10. The zero-order valence-corrected chi connectivity index (χ0v) is 10.3. The molecule has 4 heteroatoms. The van der Waals surface area contributed by atoms with E-state index in [4.69, 9.17) is 4.74 Å². The topological polar surface area (TPSA) is 27.1 Å². The van der Waals surface area contributed by atoms with E-state index < -0.39 is 0 Å². The second-order valence-electron chi connectivity index (χ2n) is 3.64. The minimum absolute atomic E-state index is 0.703. The molecule has 2 rings (SSSR count). The largest absolute Gasteiger partial charge is 0.379 e. The van der Waals surface area contributed by atoms with Gasteiger partial charge in [0.1, 0.15) is 5.82 Å². The highest BCUT2D eigenvalue weighted by molar-refractivity contribution is 7.80. The first kappa shape index (κ1) is 11.5. The van der Waals surface area contributed by atoms with Gasteiger partial charge in [-0.15, -0.1) is 0 Å². The van der Waals surface area contributed by atoms with E-state index in [0.717, 1.165) is 23.6 Å². The zero-order valence-electron chi connectivity index (χ0n) is 9.39. The predicted octanol–water partition coefficient (Wildman–Crippen LogP) is 2.29. The van der Waals surface area contributed by atoms with Crippen LogP contribution >= 0.6 is 12.6 Å². The van der Waals surface area contributed by atoms with Crippen LogP contribution in [-0.4, -0.2) is 28.5 Å². The van der Waals surface area contributed by atoms with Gasteiger partial charge < -0.3 is 9.30 Å². The molecule has 0 atom stereocenters. The second-order valence-corrected chi connectivity index (χ2v) is 4.08. The van der Waals surface area contributed by atoms with Gasteiger partial charge in [-0.2, -0.15) is 12.6 Å². The number of aryl methyl sites for hydroxylation is 1. The summed E-state index contributed by atoms with van der Waals surface area (Å²) in [5.74, 6) is 1.81. The first-order chi connectivity index (χ1) is 7.83. The molecule has 0 unspecified atom stereocenters. The van der Waals surface area contributed by atoms with Crippen molar-refractivity contribution in [2.75, 3.05) is 19.0 Å². The van der Waals surface area contributed by atoms with Gasteiger partial charge in [0.15, 0.2) is 0 Å². The van der Waals surface area contributed by atoms with Crippen molar-refractivity contribution < 1.29 is 4.74 Å². The molecule has 0 aliphatic carbocycles. The Labute approximate surface area is 101 Å². The lowest BCUT2D eigenvalue weighted by Gasteiger charge is -2.06. The van der Waals surface area contributed by atoms with Crippen LogP contribution in [0.4, 0.5) is 0 Å². The van der Waals surface area contributed by atoms with E-state index >= 15 is 0 Å². The fraction of sp³-hybridized carbons (Fsp3) is 0.417. The highest BCUT2D eigenvalue weighted by Crippen LogP contribution is 2.14. The van der Waals surface area contributed by atoms with Crippen LogP contribution in [0.1, 0.15) is 5.82 Å². The molecule has 0 radical (unpaired) electrons. The fourth-order valence-electron chi connectivity index (χ4n) is 1.80. The van der Waals surface area contributed by atoms with Gasteiger partial charge in [-0.3, -0.25) is 0 Å². The molecule has 0 aliphatic heterocycles. The Kier molecular flexibility index (Phi) is 3.85. The van der Waals surface area contributed by atoms with Crippen molar-refractivity contribution in [3.63, 3.8) is 0 Å². The highest BCUT2D eigenvalue weighted by Gasteiger charge is 2.05. The number of imidazole rings is 1. The molecule has 0 saturated heterocycles. The number of aromatic nitrogens is 2. The monoisotopic (exact) mass is 236 g/mol. The van der Waals surface area contributed by atoms with E-state index in [1.807, 2.05) is 25.1 Å². The van der Waals surface area contributed by atoms with Crippen LogP contribution in [0, 0.1) is 6.92 Å². The summed E-state index contributed by atoms with van der Waals surface area (Å²) in [4.78, 5) is 4.50. The molecule has 0 fully saturated rings. The summed E-state index contributed by atoms with van der Waals surface area (Å²) < 4.78 is 7.62. The Morgan fingerprint density at radius 2 is 2.12 bits per heavy atom. The number of fused-ring (bicyclic) bond motifs is 1. The Bertz CT molecular complexity index is 467. The van der Waals surface area contributed by atoms with E-state index in [1.54, 1.807) is 0 Å². The van der Waals surface area contributed by atoms with Crippen molar-refractivity contribution in [3.8, 4) is 0 Å². The smallest absolute Gasteiger partial charge is 0.106 e. The maximum Gasteiger partial charge on any atom is 0.106 e. The van der Waals surface area contributed by atoms with E-state index in [0.29, 0.717) is 13.2 Å². The molecular weight excluding hydrogens is 220 g/mol.